The monoisotopic (exact) mass is 345 g/mol. The zero-order chi connectivity index (χ0) is 17.8. The van der Waals surface area contributed by atoms with Crippen LogP contribution in [0.15, 0.2) is 89.9 Å². The topological polar surface area (TPSA) is 36.4 Å². The highest BCUT2D eigenvalue weighted by molar-refractivity contribution is 5.82. The maximum absolute atomic E-state index is 13.8. The second-order valence-electron chi connectivity index (χ2n) is 6.31. The third kappa shape index (κ3) is 3.45. The third-order valence-corrected chi connectivity index (χ3v) is 4.58. The van der Waals surface area contributed by atoms with Crippen LogP contribution in [0.1, 0.15) is 28.8 Å². The first-order chi connectivity index (χ1) is 12.8. The minimum absolute atomic E-state index is 0.0262. The molecule has 3 aromatic carbocycles. The Bertz CT molecular complexity index is 894. The quantitative estimate of drug-likeness (QED) is 0.737. The van der Waals surface area contributed by atoms with Gasteiger partial charge in [-0.25, -0.2) is 9.38 Å². The molecule has 0 bridgehead atoms. The molecule has 0 fully saturated rings. The molecule has 2 N–H and O–H groups in total. The first kappa shape index (κ1) is 16.3. The van der Waals surface area contributed by atoms with E-state index in [1.165, 1.54) is 11.6 Å². The summed E-state index contributed by atoms with van der Waals surface area (Å²) in [6, 6.07) is 27.3. The molecule has 4 heteroatoms. The molecule has 0 saturated heterocycles. The van der Waals surface area contributed by atoms with Gasteiger partial charge in [0.15, 0.2) is 5.96 Å². The number of aliphatic imine (C=N–C) groups is 1. The van der Waals surface area contributed by atoms with Crippen LogP contribution in [0.3, 0.4) is 0 Å². The number of rotatable bonds is 4. The van der Waals surface area contributed by atoms with Crippen LogP contribution in [0.4, 0.5) is 4.39 Å². The molecule has 0 spiro atoms. The maximum Gasteiger partial charge on any atom is 0.192 e. The van der Waals surface area contributed by atoms with Crippen molar-refractivity contribution in [1.82, 2.24) is 10.6 Å². The summed E-state index contributed by atoms with van der Waals surface area (Å²) in [4.78, 5) is 4.83. The van der Waals surface area contributed by atoms with Gasteiger partial charge in [-0.2, -0.15) is 0 Å². The van der Waals surface area contributed by atoms with Crippen LogP contribution in [0.5, 0.6) is 0 Å². The normalized spacial score (nSPS) is 18.9. The molecule has 3 aromatic rings. The minimum Gasteiger partial charge on any atom is -0.352 e. The van der Waals surface area contributed by atoms with E-state index in [9.17, 15) is 4.39 Å². The Balaban J connectivity index is 1.57. The van der Waals surface area contributed by atoms with Crippen LogP contribution in [-0.4, -0.2) is 5.96 Å². The van der Waals surface area contributed by atoms with Crippen molar-refractivity contribution in [1.29, 1.82) is 0 Å². The van der Waals surface area contributed by atoms with Gasteiger partial charge in [0.05, 0.1) is 6.04 Å². The van der Waals surface area contributed by atoms with E-state index in [2.05, 4.69) is 34.9 Å². The number of hydrogen-bond donors (Lipinski definition) is 2. The first-order valence-corrected chi connectivity index (χ1v) is 8.73. The molecule has 0 amide bonds. The van der Waals surface area contributed by atoms with Crippen LogP contribution in [0.25, 0.3) is 0 Å². The minimum atomic E-state index is -0.210. The lowest BCUT2D eigenvalue weighted by Crippen LogP contribution is -2.35. The Kier molecular flexibility index (Phi) is 4.65. The Morgan fingerprint density at radius 3 is 2.12 bits per heavy atom. The van der Waals surface area contributed by atoms with E-state index in [1.54, 1.807) is 12.1 Å². The summed E-state index contributed by atoms with van der Waals surface area (Å²) in [5, 5.41) is 6.70. The predicted octanol–water partition coefficient (Wildman–Crippen LogP) is 4.36. The summed E-state index contributed by atoms with van der Waals surface area (Å²) >= 11 is 0. The van der Waals surface area contributed by atoms with Crippen molar-refractivity contribution in [2.45, 2.75) is 18.6 Å². The smallest absolute Gasteiger partial charge is 0.192 e. The fourth-order valence-corrected chi connectivity index (χ4v) is 3.24. The highest BCUT2D eigenvalue weighted by Gasteiger charge is 2.31. The van der Waals surface area contributed by atoms with E-state index in [0.717, 1.165) is 5.56 Å². The summed E-state index contributed by atoms with van der Waals surface area (Å²) in [6.07, 6.45) is 0. The standard InChI is InChI=1S/C22H20FN3/c23-19-14-8-7-13-18(19)15-24-22-25-20(16-9-3-1-4-10-16)21(26-22)17-11-5-2-6-12-17/h1-14,20-21H,15H2,(H2,24,25,26)/t20-,21-/m0/s1. The van der Waals surface area contributed by atoms with Gasteiger partial charge in [0.1, 0.15) is 11.9 Å². The molecular formula is C22H20FN3. The Labute approximate surface area is 152 Å². The van der Waals surface area contributed by atoms with Crippen molar-refractivity contribution in [3.8, 4) is 0 Å². The molecule has 0 aliphatic carbocycles. The van der Waals surface area contributed by atoms with Gasteiger partial charge in [0.2, 0.25) is 0 Å². The average molecular weight is 345 g/mol. The summed E-state index contributed by atoms with van der Waals surface area (Å²) in [5.41, 5.74) is 2.95. The molecule has 1 aliphatic heterocycles. The number of halogens is 1. The predicted molar refractivity (Wildman–Crippen MR) is 102 cm³/mol. The number of guanidine groups is 1. The average Bonchev–Trinajstić information content (AvgIpc) is 3.13. The molecule has 0 saturated carbocycles. The third-order valence-electron chi connectivity index (χ3n) is 4.58. The SMILES string of the molecule is Fc1ccccc1CNC1=N[C@@H](c2ccccc2)[C@H](c2ccccc2)N1. The van der Waals surface area contributed by atoms with Crippen molar-refractivity contribution < 1.29 is 4.39 Å². The van der Waals surface area contributed by atoms with Gasteiger partial charge in [-0.05, 0) is 17.2 Å². The maximum atomic E-state index is 13.8. The molecule has 130 valence electrons. The van der Waals surface area contributed by atoms with Crippen molar-refractivity contribution in [2.75, 3.05) is 0 Å². The van der Waals surface area contributed by atoms with Crippen LogP contribution in [0.2, 0.25) is 0 Å². The van der Waals surface area contributed by atoms with E-state index in [0.29, 0.717) is 18.1 Å². The van der Waals surface area contributed by atoms with Gasteiger partial charge < -0.3 is 10.6 Å². The van der Waals surface area contributed by atoms with E-state index in [1.807, 2.05) is 42.5 Å². The van der Waals surface area contributed by atoms with Gasteiger partial charge in [-0.15, -0.1) is 0 Å². The van der Waals surface area contributed by atoms with Crippen LogP contribution >= 0.6 is 0 Å². The summed E-state index contributed by atoms with van der Waals surface area (Å²) in [6.45, 7) is 0.390. The highest BCUT2D eigenvalue weighted by Crippen LogP contribution is 2.35. The molecular weight excluding hydrogens is 325 g/mol. The summed E-state index contributed by atoms with van der Waals surface area (Å²) in [7, 11) is 0. The molecule has 0 unspecified atom stereocenters. The van der Waals surface area contributed by atoms with E-state index in [-0.39, 0.29) is 17.9 Å². The van der Waals surface area contributed by atoms with Crippen molar-refractivity contribution in [3.05, 3.63) is 107 Å². The first-order valence-electron chi connectivity index (χ1n) is 8.73. The van der Waals surface area contributed by atoms with E-state index < -0.39 is 0 Å². The lowest BCUT2D eigenvalue weighted by atomic mass is 9.95. The molecule has 0 aromatic heterocycles. The van der Waals surface area contributed by atoms with Crippen molar-refractivity contribution >= 4 is 5.96 Å². The van der Waals surface area contributed by atoms with Gasteiger partial charge in [0, 0.05) is 12.1 Å². The van der Waals surface area contributed by atoms with Gasteiger partial charge in [-0.1, -0.05) is 78.9 Å². The zero-order valence-electron chi connectivity index (χ0n) is 14.3. The summed E-state index contributed by atoms with van der Waals surface area (Å²) < 4.78 is 13.8. The molecule has 0 radical (unpaired) electrons. The van der Waals surface area contributed by atoms with Gasteiger partial charge in [-0.3, -0.25) is 0 Å². The molecule has 1 aliphatic rings. The van der Waals surface area contributed by atoms with E-state index in [4.69, 9.17) is 4.99 Å². The van der Waals surface area contributed by atoms with Crippen LogP contribution in [0, 0.1) is 5.82 Å². The second-order valence-corrected chi connectivity index (χ2v) is 6.31. The van der Waals surface area contributed by atoms with Crippen molar-refractivity contribution in [3.63, 3.8) is 0 Å². The van der Waals surface area contributed by atoms with E-state index >= 15 is 0 Å². The number of nitrogens with zero attached hydrogens (tertiary/aromatic N) is 1. The lowest BCUT2D eigenvalue weighted by Gasteiger charge is -2.19. The van der Waals surface area contributed by atoms with Gasteiger partial charge >= 0.3 is 0 Å². The molecule has 4 rings (SSSR count). The molecule has 1 heterocycles. The fraction of sp³-hybridized carbons (Fsp3) is 0.136. The Hall–Kier alpha value is -3.14. The Morgan fingerprint density at radius 2 is 1.42 bits per heavy atom. The molecule has 2 atom stereocenters. The highest BCUT2D eigenvalue weighted by atomic mass is 19.1. The number of nitrogens with one attached hydrogen (secondary N) is 2. The van der Waals surface area contributed by atoms with Crippen molar-refractivity contribution in [2.24, 2.45) is 4.99 Å². The Morgan fingerprint density at radius 1 is 0.808 bits per heavy atom. The van der Waals surface area contributed by atoms with Crippen LogP contribution < -0.4 is 10.6 Å². The number of hydrogen-bond acceptors (Lipinski definition) is 3. The summed E-state index contributed by atoms with van der Waals surface area (Å²) in [5.74, 6) is 0.480. The van der Waals surface area contributed by atoms with Gasteiger partial charge in [0.25, 0.3) is 0 Å². The zero-order valence-corrected chi connectivity index (χ0v) is 14.3. The molecule has 3 nitrogen and oxygen atoms in total. The fourth-order valence-electron chi connectivity index (χ4n) is 3.24. The lowest BCUT2D eigenvalue weighted by molar-refractivity contribution is 0.569. The molecule has 26 heavy (non-hydrogen) atoms. The largest absolute Gasteiger partial charge is 0.352 e. The second kappa shape index (κ2) is 7.40. The van der Waals surface area contributed by atoms with Crippen LogP contribution in [-0.2, 0) is 6.54 Å². The number of benzene rings is 3.